The van der Waals surface area contributed by atoms with Crippen LogP contribution in [-0.4, -0.2) is 19.4 Å². The Morgan fingerprint density at radius 2 is 1.90 bits per heavy atom. The molecular formula is C19H16F2N2O4S2. The predicted molar refractivity (Wildman–Crippen MR) is 105 cm³/mol. The second-order valence-electron chi connectivity index (χ2n) is 6.13. The van der Waals surface area contributed by atoms with Crippen LogP contribution in [0.15, 0.2) is 58.1 Å². The highest BCUT2D eigenvalue weighted by Gasteiger charge is 2.20. The number of phenolic OH excluding ortho intramolecular Hbond substituents is 1. The molecule has 2 aromatic carbocycles. The maximum atomic E-state index is 13.9. The van der Waals surface area contributed by atoms with Gasteiger partial charge in [0.1, 0.15) is 21.6 Å². The molecule has 1 aromatic heterocycles. The molecule has 0 saturated carbocycles. The van der Waals surface area contributed by atoms with Crippen LogP contribution in [0.4, 0.5) is 14.5 Å². The van der Waals surface area contributed by atoms with Crippen LogP contribution in [0.2, 0.25) is 0 Å². The lowest BCUT2D eigenvalue weighted by Crippen LogP contribution is -2.27. The number of carbonyl (C=O) groups is 1. The highest BCUT2D eigenvalue weighted by atomic mass is 32.2. The number of nitrogens with one attached hydrogen (secondary N) is 2. The van der Waals surface area contributed by atoms with Gasteiger partial charge in [0.05, 0.1) is 17.3 Å². The number of rotatable bonds is 6. The number of sulfonamides is 1. The van der Waals surface area contributed by atoms with Gasteiger partial charge in [-0.05, 0) is 36.6 Å². The maximum Gasteiger partial charge on any atom is 0.271 e. The molecule has 0 spiro atoms. The molecule has 1 amide bonds. The molecule has 1 heterocycles. The van der Waals surface area contributed by atoms with Crippen molar-refractivity contribution in [2.24, 2.45) is 0 Å². The largest absolute Gasteiger partial charge is 0.507 e. The number of phenols is 1. The Morgan fingerprint density at radius 1 is 1.14 bits per heavy atom. The van der Waals surface area contributed by atoms with E-state index in [4.69, 9.17) is 0 Å². The zero-order chi connectivity index (χ0) is 21.2. The Labute approximate surface area is 169 Å². The van der Waals surface area contributed by atoms with E-state index in [-0.39, 0.29) is 21.0 Å². The molecule has 10 heteroatoms. The summed E-state index contributed by atoms with van der Waals surface area (Å²) in [5.74, 6) is -2.70. The van der Waals surface area contributed by atoms with Gasteiger partial charge in [0.2, 0.25) is 0 Å². The van der Waals surface area contributed by atoms with E-state index in [9.17, 15) is 27.1 Å². The van der Waals surface area contributed by atoms with Gasteiger partial charge < -0.3 is 10.4 Å². The number of amides is 1. The van der Waals surface area contributed by atoms with E-state index in [1.807, 2.05) is 0 Å². The number of thiophene rings is 1. The van der Waals surface area contributed by atoms with E-state index < -0.39 is 39.4 Å². The first-order chi connectivity index (χ1) is 13.7. The highest BCUT2D eigenvalue weighted by Crippen LogP contribution is 2.26. The first kappa shape index (κ1) is 20.7. The molecule has 3 N–H and O–H groups in total. The van der Waals surface area contributed by atoms with Crippen molar-refractivity contribution >= 4 is 33.0 Å². The minimum Gasteiger partial charge on any atom is -0.507 e. The fourth-order valence-electron chi connectivity index (χ4n) is 2.61. The zero-order valence-electron chi connectivity index (χ0n) is 15.0. The number of benzene rings is 2. The molecule has 0 aliphatic rings. The molecule has 1 unspecified atom stereocenters. The molecule has 0 saturated heterocycles. The van der Waals surface area contributed by atoms with Gasteiger partial charge in [-0.2, -0.15) is 0 Å². The third-order valence-corrected chi connectivity index (χ3v) is 6.81. The third kappa shape index (κ3) is 4.72. The van der Waals surface area contributed by atoms with E-state index in [0.717, 1.165) is 23.5 Å². The summed E-state index contributed by atoms with van der Waals surface area (Å²) in [6, 6.07) is 8.91. The van der Waals surface area contributed by atoms with Crippen molar-refractivity contribution in [2.45, 2.75) is 17.2 Å². The smallest absolute Gasteiger partial charge is 0.271 e. The van der Waals surface area contributed by atoms with Gasteiger partial charge in [-0.1, -0.05) is 12.1 Å². The van der Waals surface area contributed by atoms with Gasteiger partial charge in [0.15, 0.2) is 0 Å². The lowest BCUT2D eigenvalue weighted by atomic mass is 10.1. The summed E-state index contributed by atoms with van der Waals surface area (Å²) in [7, 11) is -3.80. The second-order valence-corrected chi connectivity index (χ2v) is 8.99. The van der Waals surface area contributed by atoms with Crippen LogP contribution in [0.1, 0.15) is 28.9 Å². The summed E-state index contributed by atoms with van der Waals surface area (Å²) >= 11 is 1.04. The number of hydrogen-bond donors (Lipinski definition) is 3. The Hall–Kier alpha value is -2.98. The Bertz CT molecular complexity index is 1150. The van der Waals surface area contributed by atoms with Crippen LogP contribution in [0.3, 0.4) is 0 Å². The van der Waals surface area contributed by atoms with Gasteiger partial charge in [0, 0.05) is 17.7 Å². The van der Waals surface area contributed by atoms with Gasteiger partial charge in [-0.15, -0.1) is 11.3 Å². The van der Waals surface area contributed by atoms with E-state index in [1.165, 1.54) is 31.2 Å². The molecule has 6 nitrogen and oxygen atoms in total. The van der Waals surface area contributed by atoms with Crippen molar-refractivity contribution in [1.82, 2.24) is 5.32 Å². The molecule has 0 bridgehead atoms. The maximum absolute atomic E-state index is 13.9. The average molecular weight is 438 g/mol. The topological polar surface area (TPSA) is 95.5 Å². The van der Waals surface area contributed by atoms with E-state index in [0.29, 0.717) is 6.07 Å². The summed E-state index contributed by atoms with van der Waals surface area (Å²) in [5.41, 5.74) is 0.0306. The van der Waals surface area contributed by atoms with Crippen molar-refractivity contribution in [3.05, 3.63) is 76.7 Å². The molecule has 0 aliphatic heterocycles. The quantitative estimate of drug-likeness (QED) is 0.542. The highest BCUT2D eigenvalue weighted by molar-refractivity contribution is 7.94. The van der Waals surface area contributed by atoms with Gasteiger partial charge in [0.25, 0.3) is 15.9 Å². The molecule has 0 fully saturated rings. The van der Waals surface area contributed by atoms with Crippen molar-refractivity contribution in [3.63, 3.8) is 0 Å². The molecule has 0 aliphatic carbocycles. The zero-order valence-corrected chi connectivity index (χ0v) is 16.7. The number of hydrogen-bond acceptors (Lipinski definition) is 5. The summed E-state index contributed by atoms with van der Waals surface area (Å²) < 4.78 is 53.8. The minimum atomic E-state index is -3.80. The second kappa shape index (κ2) is 8.18. The van der Waals surface area contributed by atoms with Gasteiger partial charge in [-0.3, -0.25) is 9.52 Å². The van der Waals surface area contributed by atoms with E-state index in [2.05, 4.69) is 10.0 Å². The molecule has 152 valence electrons. The number of anilines is 1. The molecule has 3 aromatic rings. The summed E-state index contributed by atoms with van der Waals surface area (Å²) in [4.78, 5) is 12.4. The molecule has 3 rings (SSSR count). The predicted octanol–water partition coefficient (Wildman–Crippen LogP) is 4.02. The number of carbonyl (C=O) groups excluding carboxylic acids is 1. The number of aromatic hydroxyl groups is 1. The fourth-order valence-corrected chi connectivity index (χ4v) is 4.66. The van der Waals surface area contributed by atoms with Crippen LogP contribution >= 0.6 is 11.3 Å². The Morgan fingerprint density at radius 3 is 2.52 bits per heavy atom. The fraction of sp³-hybridized carbons (Fsp3) is 0.105. The van der Waals surface area contributed by atoms with Crippen molar-refractivity contribution in [1.29, 1.82) is 0 Å². The van der Waals surface area contributed by atoms with Crippen molar-refractivity contribution < 1.29 is 27.1 Å². The minimum absolute atomic E-state index is 0.0741. The first-order valence-corrected chi connectivity index (χ1v) is 10.7. The van der Waals surface area contributed by atoms with Gasteiger partial charge >= 0.3 is 0 Å². The van der Waals surface area contributed by atoms with Crippen molar-refractivity contribution in [3.8, 4) is 5.75 Å². The SMILES string of the molecule is CC(NC(=O)c1ccc(NS(=O)(=O)c2cccs2)cc1O)c1ccc(F)cc1F. The monoisotopic (exact) mass is 438 g/mol. The summed E-state index contributed by atoms with van der Waals surface area (Å²) in [5, 5.41) is 14.3. The Kier molecular flexibility index (Phi) is 5.85. The lowest BCUT2D eigenvalue weighted by molar-refractivity contribution is 0.0936. The average Bonchev–Trinajstić information content (AvgIpc) is 3.16. The van der Waals surface area contributed by atoms with Crippen LogP contribution in [0, 0.1) is 11.6 Å². The first-order valence-electron chi connectivity index (χ1n) is 8.32. The van der Waals surface area contributed by atoms with Crippen molar-refractivity contribution in [2.75, 3.05) is 4.72 Å². The third-order valence-electron chi connectivity index (χ3n) is 4.03. The van der Waals surface area contributed by atoms with Gasteiger partial charge in [-0.25, -0.2) is 17.2 Å². The standard InChI is InChI=1S/C19H16F2N2O4S2/c1-11(14-6-4-12(20)9-16(14)21)22-19(25)15-7-5-13(10-17(15)24)23-29(26,27)18-3-2-8-28-18/h2-11,23-24H,1H3,(H,22,25). The summed E-state index contributed by atoms with van der Waals surface area (Å²) in [6.07, 6.45) is 0. The normalized spacial score (nSPS) is 12.4. The lowest BCUT2D eigenvalue weighted by Gasteiger charge is -2.16. The van der Waals surface area contributed by atoms with Crippen LogP contribution in [-0.2, 0) is 10.0 Å². The molecule has 29 heavy (non-hydrogen) atoms. The molecular weight excluding hydrogens is 422 g/mol. The Balaban J connectivity index is 1.75. The summed E-state index contributed by atoms with van der Waals surface area (Å²) in [6.45, 7) is 1.51. The van der Waals surface area contributed by atoms with Crippen LogP contribution in [0.25, 0.3) is 0 Å². The van der Waals surface area contributed by atoms with Crippen LogP contribution < -0.4 is 10.0 Å². The molecule has 1 atom stereocenters. The number of halogens is 2. The van der Waals surface area contributed by atoms with E-state index in [1.54, 1.807) is 11.4 Å². The van der Waals surface area contributed by atoms with Crippen LogP contribution in [0.5, 0.6) is 5.75 Å². The van der Waals surface area contributed by atoms with E-state index >= 15 is 0 Å². The molecule has 0 radical (unpaired) electrons.